The van der Waals surface area contributed by atoms with Gasteiger partial charge in [0.05, 0.1) is 5.56 Å². The summed E-state index contributed by atoms with van der Waals surface area (Å²) in [4.78, 5) is 11.9. The standard InChI is InChI=1S/C13H15BrFNO/c1-8-2-4-10(6-8)16-13(17)11-7-9(14)3-5-12(11)15/h3,5,7-8,10H,2,4,6H2,1H3,(H,16,17). The van der Waals surface area contributed by atoms with Crippen LogP contribution in [0.2, 0.25) is 0 Å². The Bertz CT molecular complexity index is 435. The normalized spacial score (nSPS) is 23.7. The van der Waals surface area contributed by atoms with E-state index in [1.807, 2.05) is 0 Å². The number of rotatable bonds is 2. The Labute approximate surface area is 109 Å². The van der Waals surface area contributed by atoms with Crippen molar-refractivity contribution in [3.8, 4) is 0 Å². The molecule has 1 aromatic rings. The van der Waals surface area contributed by atoms with Crippen molar-refractivity contribution in [2.45, 2.75) is 32.2 Å². The van der Waals surface area contributed by atoms with Crippen molar-refractivity contribution < 1.29 is 9.18 Å². The number of benzene rings is 1. The smallest absolute Gasteiger partial charge is 0.254 e. The molecular weight excluding hydrogens is 285 g/mol. The summed E-state index contributed by atoms with van der Waals surface area (Å²) >= 11 is 3.24. The molecule has 2 nitrogen and oxygen atoms in total. The number of carbonyl (C=O) groups is 1. The molecule has 0 aromatic heterocycles. The van der Waals surface area contributed by atoms with Crippen LogP contribution in [0.5, 0.6) is 0 Å². The van der Waals surface area contributed by atoms with E-state index in [9.17, 15) is 9.18 Å². The van der Waals surface area contributed by atoms with Crippen molar-refractivity contribution in [1.29, 1.82) is 0 Å². The number of amides is 1. The maximum absolute atomic E-state index is 13.5. The number of halogens is 2. The van der Waals surface area contributed by atoms with Gasteiger partial charge in [-0.1, -0.05) is 22.9 Å². The summed E-state index contributed by atoms with van der Waals surface area (Å²) in [5.41, 5.74) is 0.110. The van der Waals surface area contributed by atoms with E-state index in [0.29, 0.717) is 10.4 Å². The molecule has 1 saturated carbocycles. The fraction of sp³-hybridized carbons (Fsp3) is 0.462. The van der Waals surface area contributed by atoms with Gasteiger partial charge in [-0.3, -0.25) is 4.79 Å². The molecule has 1 aliphatic rings. The van der Waals surface area contributed by atoms with Gasteiger partial charge in [0.1, 0.15) is 5.82 Å². The lowest BCUT2D eigenvalue weighted by Gasteiger charge is -2.13. The lowest BCUT2D eigenvalue weighted by atomic mass is 10.1. The molecule has 0 saturated heterocycles. The Morgan fingerprint density at radius 1 is 1.47 bits per heavy atom. The van der Waals surface area contributed by atoms with Crippen LogP contribution in [-0.4, -0.2) is 11.9 Å². The minimum absolute atomic E-state index is 0.110. The zero-order chi connectivity index (χ0) is 12.4. The fourth-order valence-corrected chi connectivity index (χ4v) is 2.63. The number of carbonyl (C=O) groups excluding carboxylic acids is 1. The molecule has 1 amide bonds. The maximum atomic E-state index is 13.5. The van der Waals surface area contributed by atoms with E-state index in [2.05, 4.69) is 28.2 Å². The molecule has 0 heterocycles. The lowest BCUT2D eigenvalue weighted by molar-refractivity contribution is 0.0933. The highest BCUT2D eigenvalue weighted by molar-refractivity contribution is 9.10. The molecule has 92 valence electrons. The van der Waals surface area contributed by atoms with Crippen LogP contribution < -0.4 is 5.32 Å². The van der Waals surface area contributed by atoms with Crippen LogP contribution in [-0.2, 0) is 0 Å². The second kappa shape index (κ2) is 5.17. The van der Waals surface area contributed by atoms with Crippen LogP contribution in [0, 0.1) is 11.7 Å². The van der Waals surface area contributed by atoms with Gasteiger partial charge in [-0.05, 0) is 43.4 Å². The summed E-state index contributed by atoms with van der Waals surface area (Å²) in [5, 5.41) is 2.89. The van der Waals surface area contributed by atoms with Crippen molar-refractivity contribution >= 4 is 21.8 Å². The van der Waals surface area contributed by atoms with Gasteiger partial charge in [-0.2, -0.15) is 0 Å². The highest BCUT2D eigenvalue weighted by Gasteiger charge is 2.24. The van der Waals surface area contributed by atoms with Crippen LogP contribution in [0.1, 0.15) is 36.5 Å². The highest BCUT2D eigenvalue weighted by Crippen LogP contribution is 2.25. The van der Waals surface area contributed by atoms with Crippen LogP contribution in [0.25, 0.3) is 0 Å². The van der Waals surface area contributed by atoms with Gasteiger partial charge >= 0.3 is 0 Å². The first kappa shape index (κ1) is 12.6. The third kappa shape index (κ3) is 3.06. The van der Waals surface area contributed by atoms with E-state index in [-0.39, 0.29) is 17.5 Å². The molecule has 0 aliphatic heterocycles. The maximum Gasteiger partial charge on any atom is 0.254 e. The molecule has 0 bridgehead atoms. The summed E-state index contributed by atoms with van der Waals surface area (Å²) < 4.78 is 14.2. The second-order valence-corrected chi connectivity index (χ2v) is 5.63. The number of hydrogen-bond acceptors (Lipinski definition) is 1. The molecule has 1 fully saturated rings. The Morgan fingerprint density at radius 2 is 2.24 bits per heavy atom. The van der Waals surface area contributed by atoms with Crippen LogP contribution in [0.4, 0.5) is 4.39 Å². The van der Waals surface area contributed by atoms with Crippen molar-refractivity contribution in [3.63, 3.8) is 0 Å². The SMILES string of the molecule is CC1CCC(NC(=O)c2cc(Br)ccc2F)C1. The lowest BCUT2D eigenvalue weighted by Crippen LogP contribution is -2.33. The first-order valence-corrected chi connectivity index (χ1v) is 6.61. The van der Waals surface area contributed by atoms with Crippen molar-refractivity contribution in [1.82, 2.24) is 5.32 Å². The molecule has 0 radical (unpaired) electrons. The fourth-order valence-electron chi connectivity index (χ4n) is 2.27. The largest absolute Gasteiger partial charge is 0.349 e. The summed E-state index contributed by atoms with van der Waals surface area (Å²) in [6.45, 7) is 2.17. The Morgan fingerprint density at radius 3 is 2.88 bits per heavy atom. The zero-order valence-corrected chi connectivity index (χ0v) is 11.3. The average molecular weight is 300 g/mol. The van der Waals surface area contributed by atoms with E-state index < -0.39 is 5.82 Å². The van der Waals surface area contributed by atoms with Crippen molar-refractivity contribution in [3.05, 3.63) is 34.1 Å². The Kier molecular flexibility index (Phi) is 3.82. The van der Waals surface area contributed by atoms with Gasteiger partial charge < -0.3 is 5.32 Å². The van der Waals surface area contributed by atoms with E-state index >= 15 is 0 Å². The topological polar surface area (TPSA) is 29.1 Å². The quantitative estimate of drug-likeness (QED) is 0.890. The molecular formula is C13H15BrFNO. The predicted octanol–water partition coefficient (Wildman–Crippen LogP) is 3.51. The molecule has 1 aliphatic carbocycles. The van der Waals surface area contributed by atoms with Crippen LogP contribution >= 0.6 is 15.9 Å². The summed E-state index contributed by atoms with van der Waals surface area (Å²) in [6.07, 6.45) is 3.11. The second-order valence-electron chi connectivity index (χ2n) is 4.71. The summed E-state index contributed by atoms with van der Waals surface area (Å²) in [5.74, 6) is -0.146. The van der Waals surface area contributed by atoms with E-state index in [4.69, 9.17) is 0 Å². The molecule has 1 N–H and O–H groups in total. The van der Waals surface area contributed by atoms with Gasteiger partial charge in [0, 0.05) is 10.5 Å². The molecule has 2 rings (SSSR count). The predicted molar refractivity (Wildman–Crippen MR) is 68.4 cm³/mol. The van der Waals surface area contributed by atoms with Gasteiger partial charge in [0.15, 0.2) is 0 Å². The van der Waals surface area contributed by atoms with Crippen LogP contribution in [0.3, 0.4) is 0 Å². The first-order chi connectivity index (χ1) is 8.06. The summed E-state index contributed by atoms with van der Waals surface area (Å²) in [7, 11) is 0. The monoisotopic (exact) mass is 299 g/mol. The Balaban J connectivity index is 2.06. The molecule has 2 atom stereocenters. The van der Waals surface area contributed by atoms with Gasteiger partial charge in [-0.15, -0.1) is 0 Å². The molecule has 0 spiro atoms. The third-order valence-electron chi connectivity index (χ3n) is 3.20. The van der Waals surface area contributed by atoms with E-state index in [1.54, 1.807) is 6.07 Å². The molecule has 2 unspecified atom stereocenters. The zero-order valence-electron chi connectivity index (χ0n) is 9.67. The summed E-state index contributed by atoms with van der Waals surface area (Å²) in [6, 6.07) is 4.60. The van der Waals surface area contributed by atoms with E-state index in [0.717, 1.165) is 19.3 Å². The average Bonchev–Trinajstić information content (AvgIpc) is 2.67. The van der Waals surface area contributed by atoms with Crippen LogP contribution in [0.15, 0.2) is 22.7 Å². The third-order valence-corrected chi connectivity index (χ3v) is 3.70. The minimum atomic E-state index is -0.475. The first-order valence-electron chi connectivity index (χ1n) is 5.82. The number of nitrogens with one attached hydrogen (secondary N) is 1. The number of hydrogen-bond donors (Lipinski definition) is 1. The molecule has 4 heteroatoms. The van der Waals surface area contributed by atoms with Gasteiger partial charge in [0.2, 0.25) is 0 Å². The Hall–Kier alpha value is -0.900. The van der Waals surface area contributed by atoms with Crippen molar-refractivity contribution in [2.75, 3.05) is 0 Å². The van der Waals surface area contributed by atoms with E-state index in [1.165, 1.54) is 12.1 Å². The molecule has 1 aromatic carbocycles. The van der Waals surface area contributed by atoms with Gasteiger partial charge in [0.25, 0.3) is 5.91 Å². The minimum Gasteiger partial charge on any atom is -0.349 e. The highest BCUT2D eigenvalue weighted by atomic mass is 79.9. The molecule has 17 heavy (non-hydrogen) atoms. The van der Waals surface area contributed by atoms with Gasteiger partial charge in [-0.25, -0.2) is 4.39 Å². The van der Waals surface area contributed by atoms with Crippen molar-refractivity contribution in [2.24, 2.45) is 5.92 Å².